The van der Waals surface area contributed by atoms with E-state index in [0.29, 0.717) is 12.5 Å². The van der Waals surface area contributed by atoms with E-state index in [1.807, 2.05) is 6.07 Å². The third-order valence-electron chi connectivity index (χ3n) is 3.22. The average molecular weight is 263 g/mol. The van der Waals surface area contributed by atoms with Crippen LogP contribution in [-0.4, -0.2) is 23.4 Å². The van der Waals surface area contributed by atoms with Crippen LogP contribution < -0.4 is 11.3 Å². The maximum Gasteiger partial charge on any atom is 0.233 e. The van der Waals surface area contributed by atoms with E-state index in [4.69, 9.17) is 5.84 Å². The maximum absolute atomic E-state index is 11.0. The fourth-order valence-electron chi connectivity index (χ4n) is 2.01. The van der Waals surface area contributed by atoms with E-state index in [-0.39, 0.29) is 5.91 Å². The Morgan fingerprint density at radius 1 is 1.26 bits per heavy atom. The molecule has 0 aliphatic rings. The SMILES string of the molecule is CC(C)N(CCCCC(=O)NN)Cc1ccccc1. The molecular weight excluding hydrogens is 238 g/mol. The first-order valence-electron chi connectivity index (χ1n) is 6.91. The van der Waals surface area contributed by atoms with Crippen molar-refractivity contribution < 1.29 is 4.79 Å². The number of hydrogen-bond donors (Lipinski definition) is 2. The monoisotopic (exact) mass is 263 g/mol. The van der Waals surface area contributed by atoms with Gasteiger partial charge in [0.25, 0.3) is 0 Å². The summed E-state index contributed by atoms with van der Waals surface area (Å²) in [6, 6.07) is 11.0. The molecule has 4 nitrogen and oxygen atoms in total. The van der Waals surface area contributed by atoms with Crippen molar-refractivity contribution in [1.29, 1.82) is 0 Å². The molecule has 1 aromatic rings. The van der Waals surface area contributed by atoms with Crippen LogP contribution in [0.3, 0.4) is 0 Å². The molecule has 106 valence electrons. The molecule has 0 spiro atoms. The van der Waals surface area contributed by atoms with Gasteiger partial charge in [0, 0.05) is 19.0 Å². The Morgan fingerprint density at radius 3 is 2.53 bits per heavy atom. The van der Waals surface area contributed by atoms with Crippen molar-refractivity contribution in [1.82, 2.24) is 10.3 Å². The van der Waals surface area contributed by atoms with E-state index in [1.54, 1.807) is 0 Å². The lowest BCUT2D eigenvalue weighted by molar-refractivity contribution is -0.121. The van der Waals surface area contributed by atoms with Crippen molar-refractivity contribution >= 4 is 5.91 Å². The normalized spacial score (nSPS) is 11.0. The lowest BCUT2D eigenvalue weighted by Crippen LogP contribution is -2.32. The number of unbranched alkanes of at least 4 members (excludes halogenated alkanes) is 1. The molecule has 4 heteroatoms. The van der Waals surface area contributed by atoms with Crippen molar-refractivity contribution in [2.45, 2.75) is 45.7 Å². The molecule has 0 fully saturated rings. The predicted octanol–water partition coefficient (Wildman–Crippen LogP) is 2.06. The van der Waals surface area contributed by atoms with E-state index in [9.17, 15) is 4.79 Å². The van der Waals surface area contributed by atoms with Gasteiger partial charge in [-0.15, -0.1) is 0 Å². The number of rotatable bonds is 8. The summed E-state index contributed by atoms with van der Waals surface area (Å²) in [4.78, 5) is 13.5. The van der Waals surface area contributed by atoms with Crippen LogP contribution in [0.25, 0.3) is 0 Å². The van der Waals surface area contributed by atoms with Gasteiger partial charge in [-0.2, -0.15) is 0 Å². The van der Waals surface area contributed by atoms with Crippen molar-refractivity contribution in [3.05, 3.63) is 35.9 Å². The highest BCUT2D eigenvalue weighted by atomic mass is 16.2. The Hall–Kier alpha value is -1.39. The van der Waals surface area contributed by atoms with Crippen LogP contribution in [-0.2, 0) is 11.3 Å². The summed E-state index contributed by atoms with van der Waals surface area (Å²) in [6.45, 7) is 6.37. The Kier molecular flexibility index (Phi) is 7.15. The molecule has 0 saturated heterocycles. The number of carbonyl (C=O) groups is 1. The van der Waals surface area contributed by atoms with Gasteiger partial charge in [0.15, 0.2) is 0 Å². The Balaban J connectivity index is 2.35. The number of amides is 1. The maximum atomic E-state index is 11.0. The molecule has 0 atom stereocenters. The third-order valence-corrected chi connectivity index (χ3v) is 3.22. The molecule has 0 saturated carbocycles. The van der Waals surface area contributed by atoms with Crippen LogP contribution in [0.15, 0.2) is 30.3 Å². The smallest absolute Gasteiger partial charge is 0.233 e. The molecule has 0 aromatic heterocycles. The highest BCUT2D eigenvalue weighted by molar-refractivity contribution is 5.75. The number of benzene rings is 1. The second kappa shape index (κ2) is 8.67. The summed E-state index contributed by atoms with van der Waals surface area (Å²) in [5, 5.41) is 0. The molecule has 0 radical (unpaired) electrons. The summed E-state index contributed by atoms with van der Waals surface area (Å²) in [6.07, 6.45) is 2.40. The quantitative estimate of drug-likeness (QED) is 0.327. The second-order valence-electron chi connectivity index (χ2n) is 5.07. The third kappa shape index (κ3) is 6.36. The minimum atomic E-state index is -0.0841. The molecular formula is C15H25N3O. The summed E-state index contributed by atoms with van der Waals surface area (Å²) in [7, 11) is 0. The number of carbonyl (C=O) groups excluding carboxylic acids is 1. The van der Waals surface area contributed by atoms with Crippen LogP contribution in [0.2, 0.25) is 0 Å². The molecule has 0 aliphatic carbocycles. The second-order valence-corrected chi connectivity index (χ2v) is 5.07. The van der Waals surface area contributed by atoms with E-state index in [0.717, 1.165) is 25.9 Å². The molecule has 19 heavy (non-hydrogen) atoms. The van der Waals surface area contributed by atoms with Gasteiger partial charge in [0.05, 0.1) is 0 Å². The number of nitrogens with two attached hydrogens (primary N) is 1. The van der Waals surface area contributed by atoms with Crippen LogP contribution in [0.1, 0.15) is 38.7 Å². The molecule has 1 rings (SSSR count). The molecule has 0 bridgehead atoms. The zero-order valence-corrected chi connectivity index (χ0v) is 11.9. The predicted molar refractivity (Wildman–Crippen MR) is 78.2 cm³/mol. The van der Waals surface area contributed by atoms with Crippen molar-refractivity contribution in [2.75, 3.05) is 6.54 Å². The van der Waals surface area contributed by atoms with Crippen molar-refractivity contribution in [3.8, 4) is 0 Å². The van der Waals surface area contributed by atoms with Crippen molar-refractivity contribution in [2.24, 2.45) is 5.84 Å². The fourth-order valence-corrected chi connectivity index (χ4v) is 2.01. The largest absolute Gasteiger partial charge is 0.297 e. The van der Waals surface area contributed by atoms with E-state index < -0.39 is 0 Å². The molecule has 1 aromatic carbocycles. The average Bonchev–Trinajstić information content (AvgIpc) is 2.42. The molecule has 1 amide bonds. The van der Waals surface area contributed by atoms with Crippen LogP contribution in [0.4, 0.5) is 0 Å². The molecule has 0 aliphatic heterocycles. The standard InChI is InChI=1S/C15H25N3O/c1-13(2)18(11-7-6-10-15(19)17-16)12-14-8-4-3-5-9-14/h3-5,8-9,13H,6-7,10-12,16H2,1-2H3,(H,17,19). The van der Waals surface area contributed by atoms with Crippen LogP contribution in [0, 0.1) is 0 Å². The van der Waals surface area contributed by atoms with Crippen LogP contribution >= 0.6 is 0 Å². The van der Waals surface area contributed by atoms with Gasteiger partial charge in [-0.3, -0.25) is 15.1 Å². The Morgan fingerprint density at radius 2 is 1.95 bits per heavy atom. The first-order chi connectivity index (χ1) is 9.13. The fraction of sp³-hybridized carbons (Fsp3) is 0.533. The molecule has 0 heterocycles. The number of hydrogen-bond acceptors (Lipinski definition) is 3. The van der Waals surface area contributed by atoms with Gasteiger partial charge in [-0.25, -0.2) is 5.84 Å². The van der Waals surface area contributed by atoms with Gasteiger partial charge in [-0.05, 0) is 38.8 Å². The zero-order chi connectivity index (χ0) is 14.1. The van der Waals surface area contributed by atoms with Gasteiger partial charge in [-0.1, -0.05) is 30.3 Å². The first-order valence-corrected chi connectivity index (χ1v) is 6.91. The summed E-state index contributed by atoms with van der Waals surface area (Å²) in [5.41, 5.74) is 3.49. The lowest BCUT2D eigenvalue weighted by Gasteiger charge is -2.26. The van der Waals surface area contributed by atoms with Crippen LogP contribution in [0.5, 0.6) is 0 Å². The van der Waals surface area contributed by atoms with E-state index in [1.165, 1.54) is 5.56 Å². The van der Waals surface area contributed by atoms with Gasteiger partial charge < -0.3 is 0 Å². The lowest BCUT2D eigenvalue weighted by atomic mass is 10.1. The Labute approximate surface area is 115 Å². The topological polar surface area (TPSA) is 58.4 Å². The minimum Gasteiger partial charge on any atom is -0.297 e. The highest BCUT2D eigenvalue weighted by Crippen LogP contribution is 2.10. The summed E-state index contributed by atoms with van der Waals surface area (Å²) in [5.74, 6) is 4.97. The number of nitrogens with one attached hydrogen (secondary N) is 1. The summed E-state index contributed by atoms with van der Waals surface area (Å²) < 4.78 is 0. The van der Waals surface area contributed by atoms with Gasteiger partial charge in [0.1, 0.15) is 0 Å². The first kappa shape index (κ1) is 15.7. The van der Waals surface area contributed by atoms with Crippen molar-refractivity contribution in [3.63, 3.8) is 0 Å². The highest BCUT2D eigenvalue weighted by Gasteiger charge is 2.10. The van der Waals surface area contributed by atoms with Gasteiger partial charge >= 0.3 is 0 Å². The summed E-state index contributed by atoms with van der Waals surface area (Å²) >= 11 is 0. The molecule has 3 N–H and O–H groups in total. The number of hydrazine groups is 1. The Bertz CT molecular complexity index is 365. The van der Waals surface area contributed by atoms with E-state index >= 15 is 0 Å². The number of nitrogens with zero attached hydrogens (tertiary/aromatic N) is 1. The van der Waals surface area contributed by atoms with Gasteiger partial charge in [0.2, 0.25) is 5.91 Å². The zero-order valence-electron chi connectivity index (χ0n) is 11.9. The minimum absolute atomic E-state index is 0.0841. The molecule has 0 unspecified atom stereocenters. The van der Waals surface area contributed by atoms with E-state index in [2.05, 4.69) is 48.4 Å².